The van der Waals surface area contributed by atoms with E-state index in [1.807, 2.05) is 0 Å². The standard InChI is InChI=1S/C8H17N.BrH.ClH/c1-9(2)8-6-4-3-5-7-8;;/h8H,3-7H2,1-2H3;2*1H. The maximum atomic E-state index is 2.36. The fourth-order valence-electron chi connectivity index (χ4n) is 1.60. The summed E-state index contributed by atoms with van der Waals surface area (Å²) >= 11 is 0. The van der Waals surface area contributed by atoms with Gasteiger partial charge in [0.25, 0.3) is 0 Å². The lowest BCUT2D eigenvalue weighted by Crippen LogP contribution is -2.29. The molecule has 0 aromatic heterocycles. The Morgan fingerprint density at radius 2 is 1.45 bits per heavy atom. The van der Waals surface area contributed by atoms with Crippen LogP contribution in [-0.4, -0.2) is 25.0 Å². The van der Waals surface area contributed by atoms with Crippen LogP contribution in [0.3, 0.4) is 0 Å². The predicted molar refractivity (Wildman–Crippen MR) is 58.1 cm³/mol. The van der Waals surface area contributed by atoms with Crippen molar-refractivity contribution in [2.75, 3.05) is 14.1 Å². The minimum absolute atomic E-state index is 0. The molecule has 0 atom stereocenters. The highest BCUT2D eigenvalue weighted by atomic mass is 79.9. The van der Waals surface area contributed by atoms with E-state index in [9.17, 15) is 0 Å². The lowest BCUT2D eigenvalue weighted by atomic mass is 9.95. The first kappa shape index (κ1) is 14.3. The topological polar surface area (TPSA) is 3.24 Å². The van der Waals surface area contributed by atoms with E-state index in [1.165, 1.54) is 32.1 Å². The largest absolute Gasteiger partial charge is 0.306 e. The molecule has 0 aromatic carbocycles. The SMILES string of the molecule is Br.CN(C)C1CCCCC1.Cl. The second-order valence-corrected chi connectivity index (χ2v) is 3.26. The molecule has 0 amide bonds. The molecule has 0 bridgehead atoms. The fraction of sp³-hybridized carbons (Fsp3) is 1.00. The molecule has 0 aromatic rings. The van der Waals surface area contributed by atoms with Crippen molar-refractivity contribution in [1.29, 1.82) is 0 Å². The number of hydrogen-bond donors (Lipinski definition) is 0. The molecule has 0 heterocycles. The summed E-state index contributed by atoms with van der Waals surface area (Å²) in [5.74, 6) is 0. The molecular formula is C8H19BrClN. The van der Waals surface area contributed by atoms with E-state index >= 15 is 0 Å². The Balaban J connectivity index is 0. The quantitative estimate of drug-likeness (QED) is 0.686. The predicted octanol–water partition coefficient (Wildman–Crippen LogP) is 2.88. The van der Waals surface area contributed by atoms with Crippen molar-refractivity contribution in [3.8, 4) is 0 Å². The van der Waals surface area contributed by atoms with Gasteiger partial charge < -0.3 is 4.90 Å². The van der Waals surface area contributed by atoms with Crippen LogP contribution >= 0.6 is 29.4 Å². The van der Waals surface area contributed by atoms with Gasteiger partial charge in [0.2, 0.25) is 0 Å². The summed E-state index contributed by atoms with van der Waals surface area (Å²) in [6.45, 7) is 0. The molecular weight excluding hydrogens is 225 g/mol. The van der Waals surface area contributed by atoms with E-state index in [0.29, 0.717) is 0 Å². The second-order valence-electron chi connectivity index (χ2n) is 3.26. The van der Waals surface area contributed by atoms with Crippen molar-refractivity contribution >= 4 is 29.4 Å². The number of nitrogens with zero attached hydrogens (tertiary/aromatic N) is 1. The van der Waals surface area contributed by atoms with Gasteiger partial charge in [-0.15, -0.1) is 29.4 Å². The van der Waals surface area contributed by atoms with Gasteiger partial charge in [-0.2, -0.15) is 0 Å². The Hall–Kier alpha value is 0.730. The highest BCUT2D eigenvalue weighted by molar-refractivity contribution is 8.93. The van der Waals surface area contributed by atoms with Crippen molar-refractivity contribution in [2.24, 2.45) is 0 Å². The van der Waals surface area contributed by atoms with E-state index < -0.39 is 0 Å². The van der Waals surface area contributed by atoms with E-state index in [2.05, 4.69) is 19.0 Å². The highest BCUT2D eigenvalue weighted by Crippen LogP contribution is 2.20. The van der Waals surface area contributed by atoms with Crippen LogP contribution < -0.4 is 0 Å². The van der Waals surface area contributed by atoms with Gasteiger partial charge in [-0.05, 0) is 26.9 Å². The van der Waals surface area contributed by atoms with Crippen LogP contribution in [0.1, 0.15) is 32.1 Å². The Labute approximate surface area is 86.7 Å². The van der Waals surface area contributed by atoms with Crippen LogP contribution in [0.2, 0.25) is 0 Å². The maximum Gasteiger partial charge on any atom is 0.00891 e. The Morgan fingerprint density at radius 3 is 1.73 bits per heavy atom. The smallest absolute Gasteiger partial charge is 0.00891 e. The Kier molecular flexibility index (Phi) is 9.57. The van der Waals surface area contributed by atoms with Gasteiger partial charge in [0, 0.05) is 6.04 Å². The summed E-state index contributed by atoms with van der Waals surface area (Å²) in [6.07, 6.45) is 7.20. The van der Waals surface area contributed by atoms with Crippen LogP contribution in [0.5, 0.6) is 0 Å². The summed E-state index contributed by atoms with van der Waals surface area (Å²) in [5, 5.41) is 0. The third kappa shape index (κ3) is 5.05. The molecule has 1 fully saturated rings. The van der Waals surface area contributed by atoms with Crippen molar-refractivity contribution in [3.63, 3.8) is 0 Å². The van der Waals surface area contributed by atoms with Crippen LogP contribution in [0, 0.1) is 0 Å². The van der Waals surface area contributed by atoms with E-state index in [1.54, 1.807) is 0 Å². The number of halogens is 2. The second kappa shape index (κ2) is 7.38. The zero-order chi connectivity index (χ0) is 6.69. The first-order chi connectivity index (χ1) is 4.30. The van der Waals surface area contributed by atoms with Crippen molar-refractivity contribution in [2.45, 2.75) is 38.1 Å². The number of hydrogen-bond acceptors (Lipinski definition) is 1. The van der Waals surface area contributed by atoms with Gasteiger partial charge in [0.05, 0.1) is 0 Å². The molecule has 0 N–H and O–H groups in total. The van der Waals surface area contributed by atoms with Crippen molar-refractivity contribution < 1.29 is 0 Å². The van der Waals surface area contributed by atoms with Crippen LogP contribution in [0.4, 0.5) is 0 Å². The highest BCUT2D eigenvalue weighted by Gasteiger charge is 2.13. The summed E-state index contributed by atoms with van der Waals surface area (Å²) in [6, 6.07) is 0.888. The zero-order valence-electron chi connectivity index (χ0n) is 7.38. The van der Waals surface area contributed by atoms with E-state index in [-0.39, 0.29) is 29.4 Å². The molecule has 0 aliphatic heterocycles. The van der Waals surface area contributed by atoms with Gasteiger partial charge in [-0.1, -0.05) is 19.3 Å². The molecule has 1 saturated carbocycles. The van der Waals surface area contributed by atoms with Crippen LogP contribution in [0.15, 0.2) is 0 Å². The minimum Gasteiger partial charge on any atom is -0.306 e. The molecule has 1 nitrogen and oxygen atoms in total. The maximum absolute atomic E-state index is 2.36. The molecule has 0 radical (unpaired) electrons. The monoisotopic (exact) mass is 243 g/mol. The number of rotatable bonds is 1. The molecule has 1 aliphatic rings. The van der Waals surface area contributed by atoms with E-state index in [4.69, 9.17) is 0 Å². The fourth-order valence-corrected chi connectivity index (χ4v) is 1.60. The lowest BCUT2D eigenvalue weighted by molar-refractivity contribution is 0.229. The first-order valence-corrected chi connectivity index (χ1v) is 3.97. The van der Waals surface area contributed by atoms with Gasteiger partial charge in [-0.3, -0.25) is 0 Å². The normalized spacial score (nSPS) is 18.8. The van der Waals surface area contributed by atoms with E-state index in [0.717, 1.165) is 6.04 Å². The molecule has 0 unspecified atom stereocenters. The zero-order valence-corrected chi connectivity index (χ0v) is 9.91. The van der Waals surface area contributed by atoms with Crippen molar-refractivity contribution in [1.82, 2.24) is 4.90 Å². The third-order valence-electron chi connectivity index (χ3n) is 2.30. The average Bonchev–Trinajstić information content (AvgIpc) is 1.90. The molecule has 1 rings (SSSR count). The Morgan fingerprint density at radius 1 is 1.00 bits per heavy atom. The van der Waals surface area contributed by atoms with Gasteiger partial charge >= 0.3 is 0 Å². The molecule has 0 spiro atoms. The van der Waals surface area contributed by atoms with Gasteiger partial charge in [0.15, 0.2) is 0 Å². The molecule has 1 aliphatic carbocycles. The van der Waals surface area contributed by atoms with Crippen LogP contribution in [0.25, 0.3) is 0 Å². The third-order valence-corrected chi connectivity index (χ3v) is 2.30. The van der Waals surface area contributed by atoms with Crippen LogP contribution in [-0.2, 0) is 0 Å². The van der Waals surface area contributed by atoms with Crippen molar-refractivity contribution in [3.05, 3.63) is 0 Å². The minimum atomic E-state index is 0. The molecule has 11 heavy (non-hydrogen) atoms. The molecule has 0 saturated heterocycles. The summed E-state index contributed by atoms with van der Waals surface area (Å²) in [4.78, 5) is 2.36. The summed E-state index contributed by atoms with van der Waals surface area (Å²) in [7, 11) is 4.38. The van der Waals surface area contributed by atoms with Gasteiger partial charge in [-0.25, -0.2) is 0 Å². The summed E-state index contributed by atoms with van der Waals surface area (Å²) < 4.78 is 0. The van der Waals surface area contributed by atoms with Gasteiger partial charge in [0.1, 0.15) is 0 Å². The molecule has 3 heteroatoms. The average molecular weight is 245 g/mol. The summed E-state index contributed by atoms with van der Waals surface area (Å²) in [5.41, 5.74) is 0. The molecule has 70 valence electrons. The lowest BCUT2D eigenvalue weighted by Gasteiger charge is -2.27. The first-order valence-electron chi connectivity index (χ1n) is 3.97. The Bertz CT molecular complexity index is 82.2.